The molecule has 6 rings (SSSR count). The molecule has 0 aliphatic carbocycles. The standard InChI is InChI=1S/C22H12O4.CH3I.2CH4O/c23-17-6-11-5-14-16-10-21-15(13-3-1-2-4-19(13)25-21)9-22(16)26-20(14)8-12(11)7-18(17)24;3*1-2/h1-10,23-24H;1H3;2*2H,1H3. The Morgan fingerprint density at radius 1 is 0.531 bits per heavy atom. The fourth-order valence-electron chi connectivity index (χ4n) is 3.76. The number of phenolic OH excluding ortho intramolecular Hbond substituents is 2. The molecule has 0 fully saturated rings. The number of benzene rings is 4. The highest BCUT2D eigenvalue weighted by molar-refractivity contribution is 14.1. The van der Waals surface area contributed by atoms with Gasteiger partial charge in [-0.15, -0.1) is 0 Å². The van der Waals surface area contributed by atoms with Crippen LogP contribution < -0.4 is 0 Å². The zero-order chi connectivity index (χ0) is 23.4. The van der Waals surface area contributed by atoms with Gasteiger partial charge in [-0.25, -0.2) is 0 Å². The van der Waals surface area contributed by atoms with E-state index in [-0.39, 0.29) is 11.5 Å². The van der Waals surface area contributed by atoms with Crippen molar-refractivity contribution in [2.24, 2.45) is 0 Å². The number of aliphatic hydroxyl groups is 2. The van der Waals surface area contributed by atoms with Crippen LogP contribution in [0.1, 0.15) is 0 Å². The Hall–Kier alpha value is -3.01. The van der Waals surface area contributed by atoms with Crippen molar-refractivity contribution in [3.05, 3.63) is 60.7 Å². The lowest BCUT2D eigenvalue weighted by atomic mass is 10.0. The summed E-state index contributed by atoms with van der Waals surface area (Å²) < 4.78 is 12.1. The van der Waals surface area contributed by atoms with E-state index in [1.807, 2.05) is 53.5 Å². The third-order valence-corrected chi connectivity index (χ3v) is 5.02. The number of furan rings is 2. The summed E-state index contributed by atoms with van der Waals surface area (Å²) in [4.78, 5) is 1.97. The molecule has 4 N–H and O–H groups in total. The maximum Gasteiger partial charge on any atom is 0.158 e. The number of para-hydroxylation sites is 1. The molecule has 0 bridgehead atoms. The van der Waals surface area contributed by atoms with E-state index in [1.54, 1.807) is 6.07 Å². The fraction of sp³-hybridized carbons (Fsp3) is 0.120. The molecule has 0 aliphatic heterocycles. The van der Waals surface area contributed by atoms with Crippen LogP contribution in [0.5, 0.6) is 11.5 Å². The van der Waals surface area contributed by atoms with Crippen molar-refractivity contribution in [2.45, 2.75) is 0 Å². The first kappa shape index (κ1) is 23.6. The molecular formula is C25H23IO6. The Morgan fingerprint density at radius 3 is 1.59 bits per heavy atom. The average Bonchev–Trinajstić information content (AvgIpc) is 3.38. The maximum absolute atomic E-state index is 9.79. The summed E-state index contributed by atoms with van der Waals surface area (Å²) in [7, 11) is 2.00. The molecule has 0 radical (unpaired) electrons. The minimum atomic E-state index is -0.142. The summed E-state index contributed by atoms with van der Waals surface area (Å²) in [6.45, 7) is 0. The summed E-state index contributed by atoms with van der Waals surface area (Å²) in [6.07, 6.45) is 0. The smallest absolute Gasteiger partial charge is 0.158 e. The molecule has 0 unspecified atom stereocenters. The normalized spacial score (nSPS) is 10.4. The molecule has 166 valence electrons. The average molecular weight is 546 g/mol. The van der Waals surface area contributed by atoms with Crippen molar-refractivity contribution < 1.29 is 29.3 Å². The van der Waals surface area contributed by atoms with Gasteiger partial charge in [0.25, 0.3) is 0 Å². The second-order valence-corrected chi connectivity index (χ2v) is 6.58. The van der Waals surface area contributed by atoms with E-state index in [9.17, 15) is 10.2 Å². The van der Waals surface area contributed by atoms with Crippen molar-refractivity contribution in [2.75, 3.05) is 19.2 Å². The van der Waals surface area contributed by atoms with Crippen LogP contribution in [-0.2, 0) is 0 Å². The van der Waals surface area contributed by atoms with E-state index in [0.717, 1.165) is 68.9 Å². The third-order valence-electron chi connectivity index (χ3n) is 5.02. The Kier molecular flexibility index (Phi) is 7.44. The molecule has 6 nitrogen and oxygen atoms in total. The van der Waals surface area contributed by atoms with Crippen LogP contribution in [0, 0.1) is 0 Å². The van der Waals surface area contributed by atoms with Gasteiger partial charge in [0.15, 0.2) is 11.5 Å². The van der Waals surface area contributed by atoms with Crippen molar-refractivity contribution in [1.29, 1.82) is 0 Å². The van der Waals surface area contributed by atoms with Crippen LogP contribution in [0.4, 0.5) is 0 Å². The predicted molar refractivity (Wildman–Crippen MR) is 138 cm³/mol. The van der Waals surface area contributed by atoms with Crippen LogP contribution in [0.25, 0.3) is 54.6 Å². The molecule has 0 spiro atoms. The molecule has 0 saturated carbocycles. The number of hydrogen-bond donors (Lipinski definition) is 4. The van der Waals surface area contributed by atoms with Crippen LogP contribution in [0.3, 0.4) is 0 Å². The van der Waals surface area contributed by atoms with Gasteiger partial charge in [0.2, 0.25) is 0 Å². The summed E-state index contributed by atoms with van der Waals surface area (Å²) in [5.41, 5.74) is 3.18. The SMILES string of the molecule is CI.CO.CO.Oc1cc2cc3oc4cc5c(cc4c3cc2cc1O)oc1ccccc15. The van der Waals surface area contributed by atoms with Crippen molar-refractivity contribution >= 4 is 77.2 Å². The van der Waals surface area contributed by atoms with Gasteiger partial charge in [0.1, 0.15) is 22.3 Å². The summed E-state index contributed by atoms with van der Waals surface area (Å²) in [5, 5.41) is 39.1. The third kappa shape index (κ3) is 3.94. The van der Waals surface area contributed by atoms with Gasteiger partial charge >= 0.3 is 0 Å². The lowest BCUT2D eigenvalue weighted by molar-refractivity contribution is 0.399. The molecular weight excluding hydrogens is 523 g/mol. The Labute approximate surface area is 197 Å². The quantitative estimate of drug-likeness (QED) is 0.101. The molecule has 2 aromatic heterocycles. The molecule has 0 saturated heterocycles. The van der Waals surface area contributed by atoms with E-state index in [4.69, 9.17) is 19.0 Å². The van der Waals surface area contributed by atoms with Crippen LogP contribution in [0.15, 0.2) is 69.5 Å². The first-order valence-electron chi connectivity index (χ1n) is 9.58. The number of hydrogen-bond acceptors (Lipinski definition) is 6. The Morgan fingerprint density at radius 2 is 0.969 bits per heavy atom. The number of phenols is 2. The molecule has 32 heavy (non-hydrogen) atoms. The lowest BCUT2D eigenvalue weighted by Crippen LogP contribution is -1.75. The Balaban J connectivity index is 0.000000448. The van der Waals surface area contributed by atoms with Gasteiger partial charge in [-0.1, -0.05) is 40.8 Å². The number of rotatable bonds is 0. The topological polar surface area (TPSA) is 107 Å². The van der Waals surface area contributed by atoms with E-state index in [0.29, 0.717) is 0 Å². The molecule has 2 heterocycles. The molecule has 0 aliphatic rings. The number of aromatic hydroxyl groups is 2. The lowest BCUT2D eigenvalue weighted by Gasteiger charge is -2.01. The van der Waals surface area contributed by atoms with Crippen LogP contribution in [0.2, 0.25) is 0 Å². The fourth-order valence-corrected chi connectivity index (χ4v) is 3.76. The van der Waals surface area contributed by atoms with Gasteiger partial charge < -0.3 is 29.3 Å². The largest absolute Gasteiger partial charge is 0.504 e. The first-order valence-corrected chi connectivity index (χ1v) is 11.7. The zero-order valence-corrected chi connectivity index (χ0v) is 19.9. The van der Waals surface area contributed by atoms with E-state index in [2.05, 4.69) is 22.6 Å². The van der Waals surface area contributed by atoms with Gasteiger partial charge in [0.05, 0.1) is 0 Å². The summed E-state index contributed by atoms with van der Waals surface area (Å²) in [5.74, 6) is -0.277. The maximum atomic E-state index is 9.79. The number of alkyl halides is 1. The summed E-state index contributed by atoms with van der Waals surface area (Å²) >= 11 is 2.15. The molecule has 0 amide bonds. The monoisotopic (exact) mass is 546 g/mol. The van der Waals surface area contributed by atoms with Gasteiger partial charge in [0, 0.05) is 35.8 Å². The van der Waals surface area contributed by atoms with Crippen molar-refractivity contribution in [3.8, 4) is 11.5 Å². The number of halogens is 1. The van der Waals surface area contributed by atoms with Gasteiger partial charge in [-0.05, 0) is 58.2 Å². The second-order valence-electron chi connectivity index (χ2n) is 6.58. The highest BCUT2D eigenvalue weighted by atomic mass is 127. The highest BCUT2D eigenvalue weighted by Gasteiger charge is 2.14. The van der Waals surface area contributed by atoms with Crippen LogP contribution in [-0.4, -0.2) is 39.6 Å². The minimum absolute atomic E-state index is 0.135. The second kappa shape index (κ2) is 10.1. The van der Waals surface area contributed by atoms with Crippen molar-refractivity contribution in [1.82, 2.24) is 0 Å². The van der Waals surface area contributed by atoms with E-state index in [1.165, 1.54) is 6.07 Å². The summed E-state index contributed by atoms with van der Waals surface area (Å²) in [6, 6.07) is 18.9. The van der Waals surface area contributed by atoms with E-state index < -0.39 is 0 Å². The minimum Gasteiger partial charge on any atom is -0.504 e. The first-order chi connectivity index (χ1) is 15.7. The van der Waals surface area contributed by atoms with Gasteiger partial charge in [-0.3, -0.25) is 0 Å². The Bertz CT molecular complexity index is 1510. The number of fused-ring (bicyclic) bond motifs is 7. The predicted octanol–water partition coefficient (Wildman–Crippen LogP) is 6.32. The highest BCUT2D eigenvalue weighted by Crippen LogP contribution is 2.39. The van der Waals surface area contributed by atoms with Crippen molar-refractivity contribution in [3.63, 3.8) is 0 Å². The molecule has 6 aromatic rings. The van der Waals surface area contributed by atoms with Crippen LogP contribution >= 0.6 is 22.6 Å². The van der Waals surface area contributed by atoms with E-state index >= 15 is 0 Å². The molecule has 4 aromatic carbocycles. The van der Waals surface area contributed by atoms with Gasteiger partial charge in [-0.2, -0.15) is 0 Å². The molecule has 7 heteroatoms. The number of aliphatic hydroxyl groups excluding tert-OH is 2. The zero-order valence-electron chi connectivity index (χ0n) is 17.8. The molecule has 0 atom stereocenters.